The lowest BCUT2D eigenvalue weighted by molar-refractivity contribution is 1.25. The molecule has 2 nitrogen and oxygen atoms in total. The molecule has 6 rings (SSSR count). The Morgan fingerprint density at radius 2 is 0.658 bits per heavy atom. The van der Waals surface area contributed by atoms with Crippen molar-refractivity contribution in [2.45, 2.75) is 0 Å². The summed E-state index contributed by atoms with van der Waals surface area (Å²) < 4.78 is 2.08. The molecule has 0 fully saturated rings. The molecule has 0 N–H and O–H groups in total. The van der Waals surface area contributed by atoms with Crippen molar-refractivity contribution in [2.24, 2.45) is 0 Å². The largest absolute Gasteiger partial charge is 0.246 e. The Bertz CT molecular complexity index is 1570. The third-order valence-electron chi connectivity index (χ3n) is 6.41. The molecule has 2 aromatic heterocycles. The van der Waals surface area contributed by atoms with Gasteiger partial charge in [-0.3, -0.25) is 0 Å². The number of pyridine rings is 2. The molecule has 0 bridgehead atoms. The van der Waals surface area contributed by atoms with Gasteiger partial charge in [0.05, 0.1) is 22.8 Å². The summed E-state index contributed by atoms with van der Waals surface area (Å²) in [6.07, 6.45) is 0. The van der Waals surface area contributed by atoms with E-state index in [1.165, 1.54) is 0 Å². The van der Waals surface area contributed by atoms with Crippen molar-refractivity contribution in [3.05, 3.63) is 142 Å². The van der Waals surface area contributed by atoms with Gasteiger partial charge in [-0.05, 0) is 70.8 Å². The van der Waals surface area contributed by atoms with Crippen LogP contribution in [0.3, 0.4) is 0 Å². The molecule has 6 aromatic rings. The molecule has 0 aliphatic carbocycles. The van der Waals surface area contributed by atoms with Gasteiger partial charge in [-0.25, -0.2) is 9.97 Å². The summed E-state index contributed by atoms with van der Waals surface area (Å²) in [6.45, 7) is 0. The van der Waals surface area contributed by atoms with Crippen molar-refractivity contribution >= 4 is 31.9 Å². The van der Waals surface area contributed by atoms with E-state index in [1.54, 1.807) is 0 Å². The topological polar surface area (TPSA) is 25.8 Å². The maximum Gasteiger partial charge on any atom is 0.0900 e. The van der Waals surface area contributed by atoms with Crippen LogP contribution in [0.5, 0.6) is 0 Å². The summed E-state index contributed by atoms with van der Waals surface area (Å²) in [4.78, 5) is 10.3. The second-order valence-electron chi connectivity index (χ2n) is 9.00. The molecule has 182 valence electrons. The standard InChI is InChI=1S/C34H22Br2N2/c35-29-15-11-25(12-16-29)31-19-27(23-7-3-1-4-8-23)21-33(37-31)34-22-28(24-9-5-2-6-10-24)20-32(38-34)26-13-17-30(36)18-14-26/h1-22H. The van der Waals surface area contributed by atoms with Crippen LogP contribution in [0.1, 0.15) is 0 Å². The summed E-state index contributed by atoms with van der Waals surface area (Å²) >= 11 is 7.10. The number of halogens is 2. The average molecular weight is 618 g/mol. The molecule has 4 aromatic carbocycles. The van der Waals surface area contributed by atoms with E-state index in [9.17, 15) is 0 Å². The summed E-state index contributed by atoms with van der Waals surface area (Å²) in [7, 11) is 0. The van der Waals surface area contributed by atoms with Crippen LogP contribution >= 0.6 is 31.9 Å². The molecular weight excluding hydrogens is 596 g/mol. The van der Waals surface area contributed by atoms with E-state index in [0.29, 0.717) is 0 Å². The Morgan fingerprint density at radius 1 is 0.316 bits per heavy atom. The quantitative estimate of drug-likeness (QED) is 0.192. The summed E-state index contributed by atoms with van der Waals surface area (Å²) in [6, 6.07) is 46.0. The maximum atomic E-state index is 5.13. The van der Waals surface area contributed by atoms with Crippen molar-refractivity contribution in [1.29, 1.82) is 0 Å². The maximum absolute atomic E-state index is 5.13. The first-order chi connectivity index (χ1) is 18.6. The fraction of sp³-hybridized carbons (Fsp3) is 0. The first kappa shape index (κ1) is 24.5. The molecule has 0 aliphatic heterocycles. The monoisotopic (exact) mass is 616 g/mol. The molecule has 0 spiro atoms. The summed E-state index contributed by atoms with van der Waals surface area (Å²) in [5.74, 6) is 0. The minimum atomic E-state index is 0.834. The summed E-state index contributed by atoms with van der Waals surface area (Å²) in [5, 5.41) is 0. The third kappa shape index (κ3) is 5.38. The van der Waals surface area contributed by atoms with Crippen molar-refractivity contribution in [1.82, 2.24) is 9.97 Å². The molecule has 0 aliphatic rings. The molecule has 0 saturated heterocycles. The van der Waals surface area contributed by atoms with E-state index in [0.717, 1.165) is 65.1 Å². The lowest BCUT2D eigenvalue weighted by atomic mass is 9.99. The number of aromatic nitrogens is 2. The Labute approximate surface area is 239 Å². The fourth-order valence-corrected chi connectivity index (χ4v) is 4.98. The van der Waals surface area contributed by atoms with Crippen LogP contribution in [-0.4, -0.2) is 9.97 Å². The second kappa shape index (κ2) is 10.9. The van der Waals surface area contributed by atoms with Crippen molar-refractivity contribution in [2.75, 3.05) is 0 Å². The zero-order valence-corrected chi connectivity index (χ0v) is 23.5. The predicted molar refractivity (Wildman–Crippen MR) is 165 cm³/mol. The molecule has 0 amide bonds. The molecular formula is C34H22Br2N2. The highest BCUT2D eigenvalue weighted by molar-refractivity contribution is 9.10. The number of hydrogen-bond acceptors (Lipinski definition) is 2. The van der Waals surface area contributed by atoms with Gasteiger partial charge in [-0.15, -0.1) is 0 Å². The SMILES string of the molecule is Brc1ccc(-c2cc(-c3ccccc3)cc(-c3cc(-c4ccccc4)cc(-c4ccc(Br)cc4)n3)n2)cc1. The lowest BCUT2D eigenvalue weighted by Crippen LogP contribution is -1.96. The van der Waals surface area contributed by atoms with Crippen LogP contribution in [0.25, 0.3) is 56.2 Å². The van der Waals surface area contributed by atoms with Gasteiger partial charge in [0.2, 0.25) is 0 Å². The zero-order valence-electron chi connectivity index (χ0n) is 20.4. The van der Waals surface area contributed by atoms with Gasteiger partial charge in [-0.1, -0.05) is 117 Å². The van der Waals surface area contributed by atoms with Crippen LogP contribution in [0.15, 0.2) is 142 Å². The normalized spacial score (nSPS) is 10.9. The van der Waals surface area contributed by atoms with Gasteiger partial charge in [0.25, 0.3) is 0 Å². The molecule has 38 heavy (non-hydrogen) atoms. The van der Waals surface area contributed by atoms with Gasteiger partial charge in [0.1, 0.15) is 0 Å². The highest BCUT2D eigenvalue weighted by Gasteiger charge is 2.13. The van der Waals surface area contributed by atoms with Gasteiger partial charge < -0.3 is 0 Å². The number of hydrogen-bond donors (Lipinski definition) is 0. The number of rotatable bonds is 5. The average Bonchev–Trinajstić information content (AvgIpc) is 2.98. The minimum absolute atomic E-state index is 0.834. The minimum Gasteiger partial charge on any atom is -0.246 e. The molecule has 2 heterocycles. The molecule has 0 radical (unpaired) electrons. The summed E-state index contributed by atoms with van der Waals surface area (Å²) in [5.41, 5.74) is 10.1. The van der Waals surface area contributed by atoms with Crippen molar-refractivity contribution in [3.63, 3.8) is 0 Å². The highest BCUT2D eigenvalue weighted by Crippen LogP contribution is 2.34. The first-order valence-corrected chi connectivity index (χ1v) is 13.9. The van der Waals surface area contributed by atoms with E-state index >= 15 is 0 Å². The molecule has 4 heteroatoms. The van der Waals surface area contributed by atoms with Gasteiger partial charge in [0.15, 0.2) is 0 Å². The molecule has 0 atom stereocenters. The highest BCUT2D eigenvalue weighted by atomic mass is 79.9. The Morgan fingerprint density at radius 3 is 1.03 bits per heavy atom. The Hall–Kier alpha value is -3.86. The van der Waals surface area contributed by atoms with Crippen LogP contribution < -0.4 is 0 Å². The second-order valence-corrected chi connectivity index (χ2v) is 10.8. The Balaban J connectivity index is 1.57. The van der Waals surface area contributed by atoms with Gasteiger partial charge in [0, 0.05) is 20.1 Å². The van der Waals surface area contributed by atoms with Crippen molar-refractivity contribution < 1.29 is 0 Å². The van der Waals surface area contributed by atoms with E-state index in [4.69, 9.17) is 9.97 Å². The fourth-order valence-electron chi connectivity index (χ4n) is 4.46. The smallest absolute Gasteiger partial charge is 0.0900 e. The van der Waals surface area contributed by atoms with Crippen LogP contribution in [0.2, 0.25) is 0 Å². The van der Waals surface area contributed by atoms with Crippen LogP contribution in [0.4, 0.5) is 0 Å². The van der Waals surface area contributed by atoms with Crippen LogP contribution in [0, 0.1) is 0 Å². The third-order valence-corrected chi connectivity index (χ3v) is 7.46. The van der Waals surface area contributed by atoms with Gasteiger partial charge >= 0.3 is 0 Å². The predicted octanol–water partition coefficient (Wildman–Crippen LogP) is 10.3. The van der Waals surface area contributed by atoms with E-state index in [-0.39, 0.29) is 0 Å². The Kier molecular flexibility index (Phi) is 7.00. The number of nitrogens with zero attached hydrogens (tertiary/aromatic N) is 2. The van der Waals surface area contributed by atoms with E-state index < -0.39 is 0 Å². The zero-order chi connectivity index (χ0) is 25.9. The van der Waals surface area contributed by atoms with E-state index in [1.807, 2.05) is 36.4 Å². The first-order valence-electron chi connectivity index (χ1n) is 12.3. The molecule has 0 saturated carbocycles. The van der Waals surface area contributed by atoms with Gasteiger partial charge in [-0.2, -0.15) is 0 Å². The van der Waals surface area contributed by atoms with E-state index in [2.05, 4.69) is 129 Å². The van der Waals surface area contributed by atoms with Crippen molar-refractivity contribution in [3.8, 4) is 56.2 Å². The number of benzene rings is 4. The molecule has 0 unspecified atom stereocenters. The lowest BCUT2D eigenvalue weighted by Gasteiger charge is -2.13. The van der Waals surface area contributed by atoms with Crippen LogP contribution in [-0.2, 0) is 0 Å².